The molecule has 0 amide bonds. The Hall–Kier alpha value is -2.86. The van der Waals surface area contributed by atoms with Gasteiger partial charge in [-0.1, -0.05) is 12.1 Å². The Bertz CT molecular complexity index is 791. The SMILES string of the molecule is C=CCc1cc(OC)c(O[C@@H](C)[C@@H](O)c2ccc3c(c2)OCO3)c(OC)c1. The molecule has 2 aromatic carbocycles. The molecule has 144 valence electrons. The summed E-state index contributed by atoms with van der Waals surface area (Å²) < 4.78 is 27.6. The second-order valence-corrected chi connectivity index (χ2v) is 6.20. The van der Waals surface area contributed by atoms with E-state index in [2.05, 4.69) is 6.58 Å². The lowest BCUT2D eigenvalue weighted by molar-refractivity contribution is 0.0433. The Balaban J connectivity index is 1.84. The van der Waals surface area contributed by atoms with E-state index in [1.165, 1.54) is 0 Å². The van der Waals surface area contributed by atoms with Crippen molar-refractivity contribution in [1.29, 1.82) is 0 Å². The molecular weight excluding hydrogens is 348 g/mol. The summed E-state index contributed by atoms with van der Waals surface area (Å²) in [6.07, 6.45) is 1.06. The topological polar surface area (TPSA) is 66.4 Å². The highest BCUT2D eigenvalue weighted by Crippen LogP contribution is 2.41. The molecule has 1 aliphatic rings. The third-order valence-electron chi connectivity index (χ3n) is 4.39. The Labute approximate surface area is 158 Å². The summed E-state index contributed by atoms with van der Waals surface area (Å²) in [5, 5.41) is 10.7. The van der Waals surface area contributed by atoms with E-state index in [0.717, 1.165) is 5.56 Å². The number of fused-ring (bicyclic) bond motifs is 1. The monoisotopic (exact) mass is 372 g/mol. The maximum absolute atomic E-state index is 10.7. The van der Waals surface area contributed by atoms with Gasteiger partial charge in [-0.25, -0.2) is 0 Å². The minimum absolute atomic E-state index is 0.187. The average Bonchev–Trinajstić information content (AvgIpc) is 3.16. The van der Waals surface area contributed by atoms with Crippen molar-refractivity contribution < 1.29 is 28.8 Å². The molecule has 6 nitrogen and oxygen atoms in total. The van der Waals surface area contributed by atoms with Crippen LogP contribution in [0.3, 0.4) is 0 Å². The van der Waals surface area contributed by atoms with Gasteiger partial charge in [0.15, 0.2) is 23.0 Å². The number of ether oxygens (including phenoxy) is 5. The summed E-state index contributed by atoms with van der Waals surface area (Å²) in [7, 11) is 3.14. The second kappa shape index (κ2) is 8.22. The Morgan fingerprint density at radius 1 is 1.11 bits per heavy atom. The van der Waals surface area contributed by atoms with E-state index in [1.54, 1.807) is 45.4 Å². The number of aliphatic hydroxyl groups is 1. The minimum atomic E-state index is -0.873. The van der Waals surface area contributed by atoms with Gasteiger partial charge in [-0.2, -0.15) is 0 Å². The predicted octanol–water partition coefficient (Wildman–Crippen LogP) is 3.66. The molecule has 3 rings (SSSR count). The molecule has 2 atom stereocenters. The van der Waals surface area contributed by atoms with Gasteiger partial charge in [-0.05, 0) is 48.7 Å². The zero-order valence-corrected chi connectivity index (χ0v) is 15.7. The summed E-state index contributed by atoms with van der Waals surface area (Å²) in [4.78, 5) is 0. The van der Waals surface area contributed by atoms with Crippen LogP contribution >= 0.6 is 0 Å². The minimum Gasteiger partial charge on any atom is -0.493 e. The molecule has 27 heavy (non-hydrogen) atoms. The van der Waals surface area contributed by atoms with Gasteiger partial charge in [0.1, 0.15) is 12.2 Å². The number of allylic oxidation sites excluding steroid dienone is 1. The highest BCUT2D eigenvalue weighted by Gasteiger charge is 2.24. The third-order valence-corrected chi connectivity index (χ3v) is 4.39. The number of hydrogen-bond donors (Lipinski definition) is 1. The second-order valence-electron chi connectivity index (χ2n) is 6.20. The zero-order valence-electron chi connectivity index (χ0n) is 15.7. The molecule has 0 aromatic heterocycles. The van der Waals surface area contributed by atoms with Crippen molar-refractivity contribution in [3.8, 4) is 28.7 Å². The first-order chi connectivity index (χ1) is 13.1. The first-order valence-electron chi connectivity index (χ1n) is 8.67. The van der Waals surface area contributed by atoms with E-state index in [4.69, 9.17) is 23.7 Å². The molecule has 0 unspecified atom stereocenters. The van der Waals surface area contributed by atoms with Crippen LogP contribution < -0.4 is 23.7 Å². The molecule has 0 saturated carbocycles. The summed E-state index contributed by atoms with van der Waals surface area (Å²) >= 11 is 0. The van der Waals surface area contributed by atoms with E-state index >= 15 is 0 Å². The molecule has 0 fully saturated rings. The molecule has 1 N–H and O–H groups in total. The van der Waals surface area contributed by atoms with E-state index in [-0.39, 0.29) is 6.79 Å². The van der Waals surface area contributed by atoms with Crippen LogP contribution in [0.2, 0.25) is 0 Å². The lowest BCUT2D eigenvalue weighted by Gasteiger charge is -2.24. The fraction of sp³-hybridized carbons (Fsp3) is 0.333. The predicted molar refractivity (Wildman–Crippen MR) is 101 cm³/mol. The van der Waals surface area contributed by atoms with Crippen molar-refractivity contribution in [1.82, 2.24) is 0 Å². The van der Waals surface area contributed by atoms with Crippen LogP contribution in [-0.4, -0.2) is 32.2 Å². The van der Waals surface area contributed by atoms with Crippen LogP contribution in [0.25, 0.3) is 0 Å². The van der Waals surface area contributed by atoms with Gasteiger partial charge in [0.2, 0.25) is 12.5 Å². The number of aliphatic hydroxyl groups excluding tert-OH is 1. The van der Waals surface area contributed by atoms with Crippen LogP contribution in [0.5, 0.6) is 28.7 Å². The molecule has 1 aliphatic heterocycles. The smallest absolute Gasteiger partial charge is 0.231 e. The van der Waals surface area contributed by atoms with Crippen LogP contribution in [0.15, 0.2) is 43.0 Å². The van der Waals surface area contributed by atoms with E-state index in [1.807, 2.05) is 12.1 Å². The molecule has 0 aliphatic carbocycles. The van der Waals surface area contributed by atoms with Crippen LogP contribution in [0.4, 0.5) is 0 Å². The van der Waals surface area contributed by atoms with Crippen LogP contribution in [-0.2, 0) is 6.42 Å². The molecule has 1 heterocycles. The average molecular weight is 372 g/mol. The molecule has 0 saturated heterocycles. The molecular formula is C21H24O6. The fourth-order valence-electron chi connectivity index (χ4n) is 2.95. The van der Waals surface area contributed by atoms with Crippen LogP contribution in [0, 0.1) is 0 Å². The fourth-order valence-corrected chi connectivity index (χ4v) is 2.95. The van der Waals surface area contributed by atoms with Crippen molar-refractivity contribution in [2.75, 3.05) is 21.0 Å². The zero-order chi connectivity index (χ0) is 19.4. The Morgan fingerprint density at radius 3 is 2.41 bits per heavy atom. The molecule has 0 radical (unpaired) electrons. The highest BCUT2D eigenvalue weighted by molar-refractivity contribution is 5.54. The van der Waals surface area contributed by atoms with Crippen molar-refractivity contribution >= 4 is 0 Å². The third kappa shape index (κ3) is 3.95. The largest absolute Gasteiger partial charge is 0.493 e. The molecule has 6 heteroatoms. The number of methoxy groups -OCH3 is 2. The Morgan fingerprint density at radius 2 is 1.78 bits per heavy atom. The lowest BCUT2D eigenvalue weighted by Crippen LogP contribution is -2.22. The standard InChI is InChI=1S/C21H24O6/c1-5-6-14-9-18(23-3)21(19(10-14)24-4)27-13(2)20(22)15-7-8-16-17(11-15)26-12-25-16/h5,7-11,13,20,22H,1,6,12H2,2-4H3/t13-,20+/m0/s1. The first-order valence-corrected chi connectivity index (χ1v) is 8.67. The highest BCUT2D eigenvalue weighted by atomic mass is 16.7. The summed E-state index contributed by atoms with van der Waals surface area (Å²) in [6, 6.07) is 9.07. The van der Waals surface area contributed by atoms with Crippen molar-refractivity contribution in [2.24, 2.45) is 0 Å². The van der Waals surface area contributed by atoms with E-state index in [9.17, 15) is 5.11 Å². The van der Waals surface area contributed by atoms with Gasteiger partial charge in [0.25, 0.3) is 0 Å². The normalized spacial score (nSPS) is 14.4. The summed E-state index contributed by atoms with van der Waals surface area (Å²) in [6.45, 7) is 5.72. The Kier molecular flexibility index (Phi) is 5.76. The number of benzene rings is 2. The van der Waals surface area contributed by atoms with Gasteiger partial charge in [-0.15, -0.1) is 6.58 Å². The van der Waals surface area contributed by atoms with Gasteiger partial charge in [-0.3, -0.25) is 0 Å². The van der Waals surface area contributed by atoms with Crippen LogP contribution in [0.1, 0.15) is 24.2 Å². The first kappa shape index (κ1) is 18.9. The lowest BCUT2D eigenvalue weighted by atomic mass is 10.0. The molecule has 2 aromatic rings. The maximum Gasteiger partial charge on any atom is 0.231 e. The van der Waals surface area contributed by atoms with Crippen molar-refractivity contribution in [2.45, 2.75) is 25.6 Å². The maximum atomic E-state index is 10.7. The quantitative estimate of drug-likeness (QED) is 0.714. The number of hydrogen-bond acceptors (Lipinski definition) is 6. The van der Waals surface area contributed by atoms with Gasteiger partial charge in [0, 0.05) is 0 Å². The number of rotatable bonds is 8. The summed E-state index contributed by atoms with van der Waals surface area (Å²) in [5.74, 6) is 2.80. The molecule has 0 spiro atoms. The van der Waals surface area contributed by atoms with Crippen molar-refractivity contribution in [3.63, 3.8) is 0 Å². The summed E-state index contributed by atoms with van der Waals surface area (Å²) in [5.41, 5.74) is 1.67. The molecule has 0 bridgehead atoms. The van der Waals surface area contributed by atoms with Crippen molar-refractivity contribution in [3.05, 3.63) is 54.1 Å². The van der Waals surface area contributed by atoms with Gasteiger partial charge >= 0.3 is 0 Å². The van der Waals surface area contributed by atoms with Gasteiger partial charge in [0.05, 0.1) is 14.2 Å². The van der Waals surface area contributed by atoms with E-state index < -0.39 is 12.2 Å². The van der Waals surface area contributed by atoms with Gasteiger partial charge < -0.3 is 28.8 Å². The van der Waals surface area contributed by atoms with E-state index in [0.29, 0.717) is 40.7 Å².